The minimum Gasteiger partial charge on any atom is -0.493 e. The molecule has 0 amide bonds. The summed E-state index contributed by atoms with van der Waals surface area (Å²) in [6.07, 6.45) is 1.98. The van der Waals surface area contributed by atoms with Crippen LogP contribution in [0.2, 0.25) is 0 Å². The van der Waals surface area contributed by atoms with Crippen LogP contribution in [0.1, 0.15) is 38.3 Å². The minimum atomic E-state index is -0.0766. The highest BCUT2D eigenvalue weighted by atomic mass is 16.5. The number of hydrogen-bond donors (Lipinski definition) is 1. The molecule has 2 N–H and O–H groups in total. The molecule has 0 bridgehead atoms. The van der Waals surface area contributed by atoms with Gasteiger partial charge in [0.25, 0.3) is 0 Å². The van der Waals surface area contributed by atoms with Crippen molar-refractivity contribution in [2.45, 2.75) is 38.3 Å². The number of methoxy groups -OCH3 is 2. The Hall–Kier alpha value is -1.26. The van der Waals surface area contributed by atoms with E-state index < -0.39 is 0 Å². The summed E-state index contributed by atoms with van der Waals surface area (Å²) in [5, 5.41) is 0. The molecule has 1 aromatic carbocycles. The molecule has 0 spiro atoms. The second kappa shape index (κ2) is 6.95. The van der Waals surface area contributed by atoms with E-state index in [1.54, 1.807) is 14.2 Å². The second-order valence-corrected chi connectivity index (χ2v) is 5.30. The summed E-state index contributed by atoms with van der Waals surface area (Å²) >= 11 is 0. The van der Waals surface area contributed by atoms with Crippen LogP contribution in [0.25, 0.3) is 0 Å². The minimum absolute atomic E-state index is 0.0560. The van der Waals surface area contributed by atoms with E-state index in [1.165, 1.54) is 0 Å². The van der Waals surface area contributed by atoms with Gasteiger partial charge in [-0.3, -0.25) is 0 Å². The van der Waals surface area contributed by atoms with E-state index in [9.17, 15) is 0 Å². The van der Waals surface area contributed by atoms with E-state index in [4.69, 9.17) is 15.2 Å². The Morgan fingerprint density at radius 2 is 1.65 bits per heavy atom. The molecule has 0 aliphatic heterocycles. The Balaban J connectivity index is 3.22. The number of rotatable bonds is 7. The molecular weight excluding hydrogens is 252 g/mol. The molecule has 1 unspecified atom stereocenters. The summed E-state index contributed by atoms with van der Waals surface area (Å²) in [4.78, 5) is 2.23. The van der Waals surface area contributed by atoms with Crippen LogP contribution in [-0.2, 0) is 0 Å². The van der Waals surface area contributed by atoms with Gasteiger partial charge in [-0.15, -0.1) is 0 Å². The molecule has 0 saturated carbocycles. The molecule has 1 aromatic rings. The highest BCUT2D eigenvalue weighted by Gasteiger charge is 2.36. The zero-order valence-electron chi connectivity index (χ0n) is 13.6. The van der Waals surface area contributed by atoms with Gasteiger partial charge in [0.2, 0.25) is 0 Å². The van der Waals surface area contributed by atoms with Gasteiger partial charge in [0.05, 0.1) is 14.2 Å². The maximum Gasteiger partial charge on any atom is 0.161 e. The van der Waals surface area contributed by atoms with Gasteiger partial charge < -0.3 is 20.1 Å². The molecule has 20 heavy (non-hydrogen) atoms. The van der Waals surface area contributed by atoms with Gasteiger partial charge >= 0.3 is 0 Å². The number of nitrogens with zero attached hydrogens (tertiary/aromatic N) is 1. The first kappa shape index (κ1) is 16.8. The number of nitrogens with two attached hydrogens (primary N) is 1. The third-order valence-corrected chi connectivity index (χ3v) is 4.46. The van der Waals surface area contributed by atoms with Crippen LogP contribution < -0.4 is 15.2 Å². The van der Waals surface area contributed by atoms with Crippen LogP contribution in [0.5, 0.6) is 11.5 Å². The lowest BCUT2D eigenvalue weighted by molar-refractivity contribution is 0.106. The summed E-state index contributed by atoms with van der Waals surface area (Å²) < 4.78 is 10.7. The smallest absolute Gasteiger partial charge is 0.161 e. The van der Waals surface area contributed by atoms with E-state index in [2.05, 4.69) is 32.8 Å². The Labute approximate surface area is 122 Å². The topological polar surface area (TPSA) is 47.7 Å². The normalized spacial score (nSPS) is 13.4. The summed E-state index contributed by atoms with van der Waals surface area (Å²) in [5.74, 6) is 1.45. The Kier molecular flexibility index (Phi) is 5.84. The van der Waals surface area contributed by atoms with Gasteiger partial charge in [0, 0.05) is 11.6 Å². The second-order valence-electron chi connectivity index (χ2n) is 5.30. The first-order valence-electron chi connectivity index (χ1n) is 7.11. The summed E-state index contributed by atoms with van der Waals surface area (Å²) in [6, 6.07) is 5.84. The molecule has 0 aliphatic rings. The maximum atomic E-state index is 6.57. The molecule has 114 valence electrons. The number of ether oxygens (including phenoxy) is 2. The molecule has 0 aromatic heterocycles. The Bertz CT molecular complexity index is 428. The van der Waals surface area contributed by atoms with E-state index in [1.807, 2.05) is 18.2 Å². The molecule has 0 saturated heterocycles. The SMILES string of the molecule is CCC(CC)(C(N)c1ccc(OC)c(OC)c1)N(C)C. The fourth-order valence-electron chi connectivity index (χ4n) is 2.96. The zero-order valence-corrected chi connectivity index (χ0v) is 13.6. The predicted molar refractivity (Wildman–Crippen MR) is 83.5 cm³/mol. The molecule has 0 heterocycles. The molecule has 1 atom stereocenters. The molecule has 0 radical (unpaired) electrons. The zero-order chi connectivity index (χ0) is 15.3. The highest BCUT2D eigenvalue weighted by Crippen LogP contribution is 2.37. The lowest BCUT2D eigenvalue weighted by Crippen LogP contribution is -2.51. The Morgan fingerprint density at radius 3 is 2.05 bits per heavy atom. The lowest BCUT2D eigenvalue weighted by atomic mass is 9.80. The maximum absolute atomic E-state index is 6.57. The van der Waals surface area contributed by atoms with Crippen LogP contribution in [0, 0.1) is 0 Å². The third kappa shape index (κ3) is 2.91. The van der Waals surface area contributed by atoms with Crippen molar-refractivity contribution in [2.24, 2.45) is 5.73 Å². The lowest BCUT2D eigenvalue weighted by Gasteiger charge is -2.43. The van der Waals surface area contributed by atoms with Crippen LogP contribution in [-0.4, -0.2) is 38.8 Å². The van der Waals surface area contributed by atoms with E-state index in [0.29, 0.717) is 0 Å². The number of benzene rings is 1. The predicted octanol–water partition coefficient (Wildman–Crippen LogP) is 2.82. The van der Waals surface area contributed by atoms with Crippen molar-refractivity contribution in [3.8, 4) is 11.5 Å². The van der Waals surface area contributed by atoms with Crippen molar-refractivity contribution in [3.05, 3.63) is 23.8 Å². The fraction of sp³-hybridized carbons (Fsp3) is 0.625. The van der Waals surface area contributed by atoms with Crippen LogP contribution in [0.3, 0.4) is 0 Å². The first-order chi connectivity index (χ1) is 9.46. The number of hydrogen-bond acceptors (Lipinski definition) is 4. The van der Waals surface area contributed by atoms with Crippen molar-refractivity contribution in [3.63, 3.8) is 0 Å². The largest absolute Gasteiger partial charge is 0.493 e. The van der Waals surface area contributed by atoms with Crippen LogP contribution in [0.15, 0.2) is 18.2 Å². The summed E-state index contributed by atoms with van der Waals surface area (Å²) in [5.41, 5.74) is 7.59. The molecule has 4 nitrogen and oxygen atoms in total. The molecule has 0 fully saturated rings. The van der Waals surface area contributed by atoms with Gasteiger partial charge in [-0.1, -0.05) is 19.9 Å². The summed E-state index contributed by atoms with van der Waals surface area (Å²) in [6.45, 7) is 4.37. The van der Waals surface area contributed by atoms with Crippen molar-refractivity contribution in [1.29, 1.82) is 0 Å². The molecule has 4 heteroatoms. The van der Waals surface area contributed by atoms with Crippen molar-refractivity contribution in [2.75, 3.05) is 28.3 Å². The van der Waals surface area contributed by atoms with Gasteiger partial charge in [0.1, 0.15) is 0 Å². The van der Waals surface area contributed by atoms with Gasteiger partial charge in [-0.2, -0.15) is 0 Å². The standard InChI is InChI=1S/C16H28N2O2/c1-7-16(8-2,18(3)4)15(17)12-9-10-13(19-5)14(11-12)20-6/h9-11,15H,7-8,17H2,1-6H3. The molecule has 1 rings (SSSR count). The van der Waals surface area contributed by atoms with Crippen molar-refractivity contribution >= 4 is 0 Å². The van der Waals surface area contributed by atoms with Gasteiger partial charge in [0.15, 0.2) is 11.5 Å². The third-order valence-electron chi connectivity index (χ3n) is 4.46. The fourth-order valence-corrected chi connectivity index (χ4v) is 2.96. The van der Waals surface area contributed by atoms with Gasteiger partial charge in [-0.25, -0.2) is 0 Å². The number of likely N-dealkylation sites (N-methyl/N-ethyl adjacent to an activating group) is 1. The van der Waals surface area contributed by atoms with Crippen LogP contribution in [0.4, 0.5) is 0 Å². The Morgan fingerprint density at radius 1 is 1.10 bits per heavy atom. The highest BCUT2D eigenvalue weighted by molar-refractivity contribution is 5.44. The average molecular weight is 280 g/mol. The van der Waals surface area contributed by atoms with Crippen molar-refractivity contribution in [1.82, 2.24) is 4.90 Å². The van der Waals surface area contributed by atoms with E-state index in [-0.39, 0.29) is 11.6 Å². The van der Waals surface area contributed by atoms with E-state index in [0.717, 1.165) is 29.9 Å². The average Bonchev–Trinajstić information content (AvgIpc) is 2.47. The first-order valence-corrected chi connectivity index (χ1v) is 7.11. The molecular formula is C16H28N2O2. The monoisotopic (exact) mass is 280 g/mol. The van der Waals surface area contributed by atoms with Gasteiger partial charge in [-0.05, 0) is 44.6 Å². The summed E-state index contributed by atoms with van der Waals surface area (Å²) in [7, 11) is 7.47. The van der Waals surface area contributed by atoms with E-state index >= 15 is 0 Å². The van der Waals surface area contributed by atoms with Crippen LogP contribution >= 0.6 is 0 Å². The van der Waals surface area contributed by atoms with Crippen molar-refractivity contribution < 1.29 is 9.47 Å². The molecule has 0 aliphatic carbocycles. The quantitative estimate of drug-likeness (QED) is 0.834.